The van der Waals surface area contributed by atoms with Gasteiger partial charge in [-0.2, -0.15) is 0 Å². The third-order valence-electron chi connectivity index (χ3n) is 9.99. The van der Waals surface area contributed by atoms with Crippen molar-refractivity contribution in [1.82, 2.24) is 14.6 Å². The minimum atomic E-state index is -4.15. The molecule has 4 N–H and O–H groups in total. The van der Waals surface area contributed by atoms with E-state index in [0.717, 1.165) is 50.8 Å². The van der Waals surface area contributed by atoms with Gasteiger partial charge >= 0.3 is 13.4 Å². The van der Waals surface area contributed by atoms with E-state index in [0.29, 0.717) is 0 Å². The fourth-order valence-corrected chi connectivity index (χ4v) is 8.82. The summed E-state index contributed by atoms with van der Waals surface area (Å²) in [5.74, 6) is 0.122. The predicted molar refractivity (Wildman–Crippen MR) is 221 cm³/mol. The van der Waals surface area contributed by atoms with E-state index in [1.54, 1.807) is 0 Å². The highest BCUT2D eigenvalue weighted by molar-refractivity contribution is 8.13. The number of aromatic amines is 1. The molecule has 0 radical (unpaired) electrons. The molecule has 1 saturated heterocycles. The molecule has 0 spiro atoms. The van der Waals surface area contributed by atoms with E-state index in [9.17, 15) is 29.2 Å². The lowest BCUT2D eigenvalue weighted by Gasteiger charge is -2.38. The highest BCUT2D eigenvalue weighted by Crippen LogP contribution is 2.47. The first-order valence-corrected chi connectivity index (χ1v) is 21.3. The zero-order valence-electron chi connectivity index (χ0n) is 32.4. The van der Waals surface area contributed by atoms with Crippen LogP contribution in [0.3, 0.4) is 0 Å². The second-order valence-corrected chi connectivity index (χ2v) is 17.6. The Morgan fingerprint density at radius 3 is 1.95 bits per heavy atom. The number of aliphatic hydroxyl groups excluding tert-OH is 1. The van der Waals surface area contributed by atoms with E-state index in [1.807, 2.05) is 135 Å². The third-order valence-corrected chi connectivity index (χ3v) is 12.7. The minimum absolute atomic E-state index is 0.0674. The first-order chi connectivity index (χ1) is 27.7. The average Bonchev–Trinajstić information content (AvgIpc) is 3.46. The smallest absolute Gasteiger partial charge is 0.385 e. The van der Waals surface area contributed by atoms with Crippen molar-refractivity contribution < 1.29 is 38.1 Å². The van der Waals surface area contributed by atoms with Crippen LogP contribution in [0.2, 0.25) is 0 Å². The molecule has 306 valence electrons. The number of nitrogens with zero attached hydrogens (tertiary/aromatic N) is 1. The van der Waals surface area contributed by atoms with Crippen LogP contribution in [0.25, 0.3) is 0 Å². The Morgan fingerprint density at radius 2 is 1.41 bits per heavy atom. The minimum Gasteiger partial charge on any atom is -0.385 e. The number of hydrogen-bond acceptors (Lipinski definition) is 11. The van der Waals surface area contributed by atoms with Gasteiger partial charge in [-0.1, -0.05) is 133 Å². The van der Waals surface area contributed by atoms with E-state index < -0.39 is 60.7 Å². The van der Waals surface area contributed by atoms with Crippen LogP contribution in [0.15, 0.2) is 143 Å². The van der Waals surface area contributed by atoms with Gasteiger partial charge in [0.2, 0.25) is 0 Å². The van der Waals surface area contributed by atoms with Gasteiger partial charge in [-0.15, -0.1) is 0 Å². The Labute approximate surface area is 340 Å². The SMILES string of the molecule is CC(C)(COC(c1ccccc1)(c1ccccc1)c1ccccc1)C(=O)SCCOP(=O)(NCc1ccccc1)OC[C@H]1O[C@@H](n2ccc(=O)[nH]c2=O)[C@H](O)C1(C)O. The number of aromatic nitrogens is 2. The molecule has 2 heterocycles. The van der Waals surface area contributed by atoms with E-state index >= 15 is 0 Å². The van der Waals surface area contributed by atoms with Crippen LogP contribution in [0.4, 0.5) is 0 Å². The van der Waals surface area contributed by atoms with Crippen molar-refractivity contribution in [3.63, 3.8) is 0 Å². The third kappa shape index (κ3) is 9.86. The van der Waals surface area contributed by atoms with Crippen molar-refractivity contribution in [1.29, 1.82) is 0 Å². The van der Waals surface area contributed by atoms with E-state index in [2.05, 4.69) is 10.1 Å². The number of benzene rings is 4. The number of ether oxygens (including phenoxy) is 2. The molecule has 1 aliphatic heterocycles. The van der Waals surface area contributed by atoms with Gasteiger partial charge in [0.25, 0.3) is 5.56 Å². The van der Waals surface area contributed by atoms with Gasteiger partial charge in [0, 0.05) is 24.6 Å². The molecule has 1 fully saturated rings. The molecule has 0 bridgehead atoms. The molecule has 0 aliphatic carbocycles. The molecule has 4 aromatic carbocycles. The number of H-pyrrole nitrogens is 1. The summed E-state index contributed by atoms with van der Waals surface area (Å²) in [5, 5.41) is 24.8. The molecule has 0 amide bonds. The van der Waals surface area contributed by atoms with Crippen LogP contribution in [0.1, 0.15) is 49.3 Å². The maximum absolute atomic E-state index is 14.2. The normalized spacial score (nSPS) is 20.7. The number of hydrogen-bond donors (Lipinski definition) is 4. The molecule has 5 aromatic rings. The molecule has 5 atom stereocenters. The maximum Gasteiger partial charge on any atom is 0.405 e. The van der Waals surface area contributed by atoms with Crippen molar-refractivity contribution in [2.45, 2.75) is 57.0 Å². The number of thioether (sulfide) groups is 1. The summed E-state index contributed by atoms with van der Waals surface area (Å²) in [6.07, 6.45) is -3.12. The Bertz CT molecular complexity index is 2180. The average molecular weight is 830 g/mol. The van der Waals surface area contributed by atoms with E-state index in [4.69, 9.17) is 18.5 Å². The Balaban J connectivity index is 1.12. The fourth-order valence-electron chi connectivity index (χ4n) is 6.59. The number of nitrogens with one attached hydrogen (secondary N) is 2. The Hall–Kier alpha value is -4.47. The molecule has 2 unspecified atom stereocenters. The zero-order valence-corrected chi connectivity index (χ0v) is 34.1. The predicted octanol–water partition coefficient (Wildman–Crippen LogP) is 5.77. The first kappa shape index (κ1) is 43.1. The molecule has 1 aliphatic rings. The van der Waals surface area contributed by atoms with Gasteiger partial charge < -0.3 is 19.7 Å². The number of rotatable bonds is 18. The topological polar surface area (TPSA) is 178 Å². The highest BCUT2D eigenvalue weighted by Gasteiger charge is 2.54. The van der Waals surface area contributed by atoms with Crippen molar-refractivity contribution in [3.8, 4) is 0 Å². The maximum atomic E-state index is 14.2. The summed E-state index contributed by atoms with van der Waals surface area (Å²) in [6.45, 7) is 4.43. The van der Waals surface area contributed by atoms with Crippen LogP contribution < -0.4 is 16.3 Å². The monoisotopic (exact) mass is 829 g/mol. The van der Waals surface area contributed by atoms with Crippen LogP contribution >= 0.6 is 19.5 Å². The molecular formula is C43H48N3O10PS. The summed E-state index contributed by atoms with van der Waals surface area (Å²) in [5.41, 5.74) is -1.90. The van der Waals surface area contributed by atoms with Gasteiger partial charge in [-0.25, -0.2) is 14.4 Å². The van der Waals surface area contributed by atoms with Gasteiger partial charge in [0.1, 0.15) is 23.4 Å². The van der Waals surface area contributed by atoms with Crippen LogP contribution in [-0.2, 0) is 40.0 Å². The standard InChI is InChI=1S/C43H48N3O10PS/c1-41(2,30-53-43(32-18-10-5-11-19-32,33-20-12-6-13-21-33)34-22-14-7-15-23-34)39(49)58-27-26-54-57(52,44-28-31-16-8-4-9-17-31)55-29-35-42(3,51)37(48)38(56-35)46-25-24-36(47)45-40(46)50/h4-25,35,37-38,48,51H,26-30H2,1-3H3,(H,44,52)(H,45,47,50)/t35-,37+,38-,42?,57?/m1/s1. The summed E-state index contributed by atoms with van der Waals surface area (Å²) in [4.78, 5) is 39.9. The quantitative estimate of drug-likeness (QED) is 0.0477. The zero-order chi connectivity index (χ0) is 41.4. The molecule has 15 heteroatoms. The lowest BCUT2D eigenvalue weighted by atomic mass is 9.79. The Morgan fingerprint density at radius 1 is 0.879 bits per heavy atom. The van der Waals surface area contributed by atoms with E-state index in [1.165, 1.54) is 6.92 Å². The van der Waals surface area contributed by atoms with Gasteiger partial charge in [-0.05, 0) is 43.0 Å². The van der Waals surface area contributed by atoms with Crippen LogP contribution in [0.5, 0.6) is 0 Å². The molecule has 58 heavy (non-hydrogen) atoms. The number of carbonyl (C=O) groups is 1. The molecular weight excluding hydrogens is 782 g/mol. The fraction of sp³-hybridized carbons (Fsp3) is 0.326. The van der Waals surface area contributed by atoms with Crippen molar-refractivity contribution >= 4 is 24.6 Å². The summed E-state index contributed by atoms with van der Waals surface area (Å²) >= 11 is 1.02. The second kappa shape index (κ2) is 18.6. The van der Waals surface area contributed by atoms with Gasteiger partial charge in [-0.3, -0.25) is 28.2 Å². The molecule has 13 nitrogen and oxygen atoms in total. The van der Waals surface area contributed by atoms with E-state index in [-0.39, 0.29) is 30.6 Å². The molecule has 0 saturated carbocycles. The summed E-state index contributed by atoms with van der Waals surface area (Å²) in [7, 11) is -4.15. The molecule has 1 aromatic heterocycles. The highest BCUT2D eigenvalue weighted by atomic mass is 32.2. The first-order valence-electron chi connectivity index (χ1n) is 18.8. The Kier molecular flexibility index (Phi) is 13.8. The van der Waals surface area contributed by atoms with Crippen LogP contribution in [0, 0.1) is 5.41 Å². The van der Waals surface area contributed by atoms with Gasteiger partial charge in [0.15, 0.2) is 11.3 Å². The van der Waals surface area contributed by atoms with Crippen molar-refractivity contribution in [2.75, 3.05) is 25.6 Å². The molecule has 6 rings (SSSR count). The summed E-state index contributed by atoms with van der Waals surface area (Å²) in [6, 6.07) is 39.9. The lowest BCUT2D eigenvalue weighted by Crippen LogP contribution is -2.47. The lowest BCUT2D eigenvalue weighted by molar-refractivity contribution is -0.124. The second-order valence-electron chi connectivity index (χ2n) is 14.7. The number of carbonyl (C=O) groups excluding carboxylic acids is 1. The van der Waals surface area contributed by atoms with Gasteiger partial charge in [0.05, 0.1) is 25.2 Å². The van der Waals surface area contributed by atoms with Crippen molar-refractivity contribution in [3.05, 3.63) is 177 Å². The summed E-state index contributed by atoms with van der Waals surface area (Å²) < 4.78 is 39.5. The van der Waals surface area contributed by atoms with Crippen LogP contribution in [-0.4, -0.2) is 68.3 Å². The largest absolute Gasteiger partial charge is 0.405 e. The number of aliphatic hydroxyl groups is 2. The van der Waals surface area contributed by atoms with Crippen molar-refractivity contribution in [2.24, 2.45) is 5.41 Å².